The molecule has 0 unspecified atom stereocenters. The second-order valence-corrected chi connectivity index (χ2v) is 8.24. The molecule has 2 heterocycles. The van der Waals surface area contributed by atoms with Gasteiger partial charge in [0.15, 0.2) is 0 Å². The number of rotatable bonds is 8. The molecular formula is C24H25FN4O3S. The van der Waals surface area contributed by atoms with Gasteiger partial charge in [-0.3, -0.25) is 9.59 Å². The van der Waals surface area contributed by atoms with Gasteiger partial charge in [0.05, 0.1) is 45.9 Å². The summed E-state index contributed by atoms with van der Waals surface area (Å²) in [4.78, 5) is 27.4. The Labute approximate surface area is 196 Å². The van der Waals surface area contributed by atoms with Crippen LogP contribution in [0.15, 0.2) is 69.0 Å². The molecule has 0 aliphatic carbocycles. The number of anilines is 1. The molecule has 172 valence electrons. The number of amides is 2. The zero-order chi connectivity index (χ0) is 24.0. The fraction of sp³-hybridized carbons (Fsp3) is 0.292. The van der Waals surface area contributed by atoms with Gasteiger partial charge in [-0.25, -0.2) is 4.39 Å². The van der Waals surface area contributed by atoms with Crippen LogP contribution in [-0.2, 0) is 9.59 Å². The molecule has 2 N–H and O–H groups in total. The maximum Gasteiger partial charge on any atom is 0.254 e. The van der Waals surface area contributed by atoms with Crippen molar-refractivity contribution >= 4 is 29.3 Å². The molecule has 2 amide bonds. The zero-order valence-electron chi connectivity index (χ0n) is 18.6. The van der Waals surface area contributed by atoms with Crippen molar-refractivity contribution in [3.63, 3.8) is 0 Å². The Morgan fingerprint density at radius 3 is 2.58 bits per heavy atom. The van der Waals surface area contributed by atoms with E-state index in [4.69, 9.17) is 4.42 Å². The lowest BCUT2D eigenvalue weighted by molar-refractivity contribution is -0.128. The molecule has 0 bridgehead atoms. The normalized spacial score (nSPS) is 15.7. The van der Waals surface area contributed by atoms with E-state index in [-0.39, 0.29) is 28.5 Å². The van der Waals surface area contributed by atoms with Crippen LogP contribution in [0.25, 0.3) is 0 Å². The number of benzene rings is 1. The number of nitriles is 1. The predicted molar refractivity (Wildman–Crippen MR) is 125 cm³/mol. The first-order valence-electron chi connectivity index (χ1n) is 10.5. The number of hydrogen-bond donors (Lipinski definition) is 2. The van der Waals surface area contributed by atoms with Crippen molar-refractivity contribution in [2.45, 2.75) is 26.7 Å². The van der Waals surface area contributed by atoms with Crippen LogP contribution in [0.3, 0.4) is 0 Å². The van der Waals surface area contributed by atoms with Crippen LogP contribution in [0.5, 0.6) is 0 Å². The summed E-state index contributed by atoms with van der Waals surface area (Å²) in [5, 5.41) is 16.2. The molecule has 1 aromatic heterocycles. The van der Waals surface area contributed by atoms with E-state index >= 15 is 0 Å². The minimum Gasteiger partial charge on any atom is -0.468 e. The quantitative estimate of drug-likeness (QED) is 0.598. The SMILES string of the molecule is CCN(CC)C(=O)CSC1=C(C#N)[C@@H](c2ccco2)C(C(=O)Nc2ccccc2F)=C(C)N1. The summed E-state index contributed by atoms with van der Waals surface area (Å²) in [6.07, 6.45) is 1.46. The van der Waals surface area contributed by atoms with Gasteiger partial charge < -0.3 is 20.0 Å². The van der Waals surface area contributed by atoms with Crippen LogP contribution in [-0.4, -0.2) is 35.6 Å². The maximum absolute atomic E-state index is 14.1. The molecular weight excluding hydrogens is 443 g/mol. The highest BCUT2D eigenvalue weighted by Gasteiger charge is 2.36. The number of carbonyl (C=O) groups is 2. The number of nitrogens with zero attached hydrogens (tertiary/aromatic N) is 2. The molecule has 1 atom stereocenters. The third kappa shape index (κ3) is 5.29. The van der Waals surface area contributed by atoms with Crippen molar-refractivity contribution in [1.29, 1.82) is 5.26 Å². The fourth-order valence-corrected chi connectivity index (χ4v) is 4.62. The summed E-state index contributed by atoms with van der Waals surface area (Å²) in [6.45, 7) is 6.72. The van der Waals surface area contributed by atoms with Gasteiger partial charge in [0.1, 0.15) is 11.6 Å². The maximum atomic E-state index is 14.1. The van der Waals surface area contributed by atoms with Crippen molar-refractivity contribution in [2.24, 2.45) is 0 Å². The molecule has 2 aromatic rings. The Morgan fingerprint density at radius 1 is 1.24 bits per heavy atom. The van der Waals surface area contributed by atoms with Gasteiger partial charge in [-0.15, -0.1) is 0 Å². The highest BCUT2D eigenvalue weighted by atomic mass is 32.2. The van der Waals surface area contributed by atoms with Gasteiger partial charge >= 0.3 is 0 Å². The number of hydrogen-bond acceptors (Lipinski definition) is 6. The second kappa shape index (κ2) is 10.9. The average Bonchev–Trinajstić information content (AvgIpc) is 3.34. The van der Waals surface area contributed by atoms with Gasteiger partial charge in [0.2, 0.25) is 5.91 Å². The van der Waals surface area contributed by atoms with Crippen LogP contribution in [0.4, 0.5) is 10.1 Å². The van der Waals surface area contributed by atoms with E-state index in [1.807, 2.05) is 13.8 Å². The first kappa shape index (κ1) is 24.1. The zero-order valence-corrected chi connectivity index (χ0v) is 19.5. The number of para-hydroxylation sites is 1. The molecule has 0 saturated carbocycles. The lowest BCUT2D eigenvalue weighted by Crippen LogP contribution is -2.33. The summed E-state index contributed by atoms with van der Waals surface area (Å²) in [5.74, 6) is -1.42. The summed E-state index contributed by atoms with van der Waals surface area (Å²) >= 11 is 1.21. The molecule has 1 aliphatic rings. The van der Waals surface area contributed by atoms with E-state index in [1.54, 1.807) is 30.0 Å². The van der Waals surface area contributed by atoms with Gasteiger partial charge in [0.25, 0.3) is 5.91 Å². The largest absolute Gasteiger partial charge is 0.468 e. The van der Waals surface area contributed by atoms with E-state index in [9.17, 15) is 19.2 Å². The molecule has 0 fully saturated rings. The highest BCUT2D eigenvalue weighted by molar-refractivity contribution is 8.03. The second-order valence-electron chi connectivity index (χ2n) is 7.26. The van der Waals surface area contributed by atoms with Crippen LogP contribution in [0, 0.1) is 17.1 Å². The molecule has 0 radical (unpaired) electrons. The summed E-state index contributed by atoms with van der Waals surface area (Å²) in [6, 6.07) is 11.4. The lowest BCUT2D eigenvalue weighted by Gasteiger charge is -2.28. The summed E-state index contributed by atoms with van der Waals surface area (Å²) in [5.41, 5.74) is 1.02. The molecule has 7 nitrogen and oxygen atoms in total. The monoisotopic (exact) mass is 468 g/mol. The van der Waals surface area contributed by atoms with E-state index in [0.717, 1.165) is 0 Å². The van der Waals surface area contributed by atoms with Crippen molar-refractivity contribution in [3.05, 3.63) is 76.1 Å². The Bertz CT molecular complexity index is 1130. The van der Waals surface area contributed by atoms with E-state index in [1.165, 1.54) is 36.2 Å². The number of thioether (sulfide) groups is 1. The molecule has 0 spiro atoms. The van der Waals surface area contributed by atoms with Crippen molar-refractivity contribution in [3.8, 4) is 6.07 Å². The molecule has 0 saturated heterocycles. The van der Waals surface area contributed by atoms with Crippen LogP contribution < -0.4 is 10.6 Å². The molecule has 1 aliphatic heterocycles. The van der Waals surface area contributed by atoms with Crippen molar-refractivity contribution in [2.75, 3.05) is 24.2 Å². The number of carbonyl (C=O) groups excluding carboxylic acids is 2. The van der Waals surface area contributed by atoms with Gasteiger partial charge in [-0.2, -0.15) is 5.26 Å². The van der Waals surface area contributed by atoms with E-state index < -0.39 is 17.6 Å². The fourth-order valence-electron chi connectivity index (χ4n) is 3.62. The van der Waals surface area contributed by atoms with Crippen molar-refractivity contribution in [1.82, 2.24) is 10.2 Å². The highest BCUT2D eigenvalue weighted by Crippen LogP contribution is 2.41. The Balaban J connectivity index is 1.95. The number of allylic oxidation sites excluding steroid dienone is 2. The summed E-state index contributed by atoms with van der Waals surface area (Å²) in [7, 11) is 0. The first-order valence-corrected chi connectivity index (χ1v) is 11.5. The Kier molecular flexibility index (Phi) is 7.96. The third-order valence-electron chi connectivity index (χ3n) is 5.30. The minimum atomic E-state index is -0.802. The summed E-state index contributed by atoms with van der Waals surface area (Å²) < 4.78 is 19.7. The van der Waals surface area contributed by atoms with Crippen LogP contribution >= 0.6 is 11.8 Å². The van der Waals surface area contributed by atoms with Gasteiger partial charge in [-0.05, 0) is 45.0 Å². The van der Waals surface area contributed by atoms with Crippen LogP contribution in [0.1, 0.15) is 32.4 Å². The van der Waals surface area contributed by atoms with E-state index in [2.05, 4.69) is 16.7 Å². The van der Waals surface area contributed by atoms with Gasteiger partial charge in [-0.1, -0.05) is 23.9 Å². The average molecular weight is 469 g/mol. The number of dihydropyridines is 1. The Hall–Kier alpha value is -3.51. The molecule has 9 heteroatoms. The first-order chi connectivity index (χ1) is 15.9. The minimum absolute atomic E-state index is 0.0356. The smallest absolute Gasteiger partial charge is 0.254 e. The number of furan rings is 1. The molecule has 3 rings (SSSR count). The molecule has 1 aromatic carbocycles. The topological polar surface area (TPSA) is 98.4 Å². The van der Waals surface area contributed by atoms with Crippen LogP contribution in [0.2, 0.25) is 0 Å². The molecule has 33 heavy (non-hydrogen) atoms. The van der Waals surface area contributed by atoms with Gasteiger partial charge in [0, 0.05) is 18.8 Å². The Morgan fingerprint density at radius 2 is 1.97 bits per heavy atom. The predicted octanol–water partition coefficient (Wildman–Crippen LogP) is 4.35. The van der Waals surface area contributed by atoms with Crippen molar-refractivity contribution < 1.29 is 18.4 Å². The number of halogens is 1. The standard InChI is InChI=1S/C24H25FN4O3S/c1-4-29(5-2)20(30)14-33-24-16(13-26)22(19-11-8-12-32-19)21(15(3)27-24)23(31)28-18-10-7-6-9-17(18)25/h6-12,22,27H,4-5,14H2,1-3H3,(H,28,31)/t22-/m0/s1. The lowest BCUT2D eigenvalue weighted by atomic mass is 9.85. The number of nitrogens with one attached hydrogen (secondary N) is 2. The third-order valence-corrected chi connectivity index (χ3v) is 6.30. The van der Waals surface area contributed by atoms with E-state index in [0.29, 0.717) is 29.6 Å².